The van der Waals surface area contributed by atoms with E-state index in [4.69, 9.17) is 9.47 Å². The molecule has 1 aromatic heterocycles. The highest BCUT2D eigenvalue weighted by molar-refractivity contribution is 5.92. The van der Waals surface area contributed by atoms with Gasteiger partial charge < -0.3 is 14.8 Å². The summed E-state index contributed by atoms with van der Waals surface area (Å²) in [6.45, 7) is 11.0. The summed E-state index contributed by atoms with van der Waals surface area (Å²) in [5.41, 5.74) is -0.302. The molecule has 2 aromatic rings. The number of benzene rings is 1. The number of hydrogen-bond donors (Lipinski definition) is 1. The minimum absolute atomic E-state index is 0.155. The lowest BCUT2D eigenvalue weighted by atomic mass is 10.00. The van der Waals surface area contributed by atoms with Crippen molar-refractivity contribution in [3.05, 3.63) is 58.5 Å². The SMILES string of the molecule is C[C@@H]1CN(C(C)(C)CNC(=O)c2ccc(=O)n(CCOc3ccccc3)n2)C[C@@H](C)O1. The molecule has 1 aliphatic heterocycles. The molecule has 2 atom stereocenters. The van der Waals surface area contributed by atoms with Gasteiger partial charge in [-0.15, -0.1) is 0 Å². The Bertz CT molecular complexity index is 919. The Morgan fingerprint density at radius 2 is 1.84 bits per heavy atom. The van der Waals surface area contributed by atoms with Gasteiger partial charge in [-0.3, -0.25) is 14.5 Å². The largest absolute Gasteiger partial charge is 0.492 e. The molecule has 3 rings (SSSR count). The first-order valence-electron chi connectivity index (χ1n) is 10.7. The molecule has 0 radical (unpaired) electrons. The van der Waals surface area contributed by atoms with Crippen LogP contribution in [0.3, 0.4) is 0 Å². The number of hydrogen-bond acceptors (Lipinski definition) is 6. The molecule has 2 heterocycles. The normalized spacial score (nSPS) is 19.7. The standard InChI is InChI=1S/C23H32N4O4/c1-17-14-26(15-18(2)31-17)23(3,4)16-24-22(29)20-10-11-21(28)27(25-20)12-13-30-19-8-6-5-7-9-19/h5-11,17-18H,12-16H2,1-4H3,(H,24,29)/t17-,18-/m1/s1. The van der Waals surface area contributed by atoms with E-state index >= 15 is 0 Å². The van der Waals surface area contributed by atoms with Crippen molar-refractivity contribution in [3.63, 3.8) is 0 Å². The molecule has 1 saturated heterocycles. The van der Waals surface area contributed by atoms with E-state index in [1.807, 2.05) is 30.3 Å². The Morgan fingerprint density at radius 3 is 2.52 bits per heavy atom. The predicted molar refractivity (Wildman–Crippen MR) is 118 cm³/mol. The molecule has 31 heavy (non-hydrogen) atoms. The van der Waals surface area contributed by atoms with Gasteiger partial charge in [-0.25, -0.2) is 4.68 Å². The molecule has 0 unspecified atom stereocenters. The van der Waals surface area contributed by atoms with Crippen LogP contribution in [-0.4, -0.2) is 64.6 Å². The second-order valence-corrected chi connectivity index (χ2v) is 8.60. The summed E-state index contributed by atoms with van der Waals surface area (Å²) >= 11 is 0. The number of para-hydroxylation sites is 1. The van der Waals surface area contributed by atoms with Crippen LogP contribution < -0.4 is 15.6 Å². The van der Waals surface area contributed by atoms with Crippen LogP contribution in [-0.2, 0) is 11.3 Å². The maximum Gasteiger partial charge on any atom is 0.271 e. The van der Waals surface area contributed by atoms with Crippen LogP contribution in [0, 0.1) is 0 Å². The van der Waals surface area contributed by atoms with Gasteiger partial charge in [-0.1, -0.05) is 18.2 Å². The highest BCUT2D eigenvalue weighted by Crippen LogP contribution is 2.20. The van der Waals surface area contributed by atoms with Crippen molar-refractivity contribution in [3.8, 4) is 5.75 Å². The Labute approximate surface area is 183 Å². The number of amides is 1. The van der Waals surface area contributed by atoms with Crippen molar-refractivity contribution in [1.29, 1.82) is 0 Å². The number of carbonyl (C=O) groups is 1. The van der Waals surface area contributed by atoms with Crippen LogP contribution in [0.5, 0.6) is 5.75 Å². The van der Waals surface area contributed by atoms with E-state index in [0.29, 0.717) is 6.54 Å². The van der Waals surface area contributed by atoms with E-state index < -0.39 is 0 Å². The monoisotopic (exact) mass is 428 g/mol. The maximum atomic E-state index is 12.7. The molecule has 8 nitrogen and oxygen atoms in total. The average Bonchev–Trinajstić information content (AvgIpc) is 2.73. The van der Waals surface area contributed by atoms with Crippen molar-refractivity contribution in [2.75, 3.05) is 26.2 Å². The summed E-state index contributed by atoms with van der Waals surface area (Å²) in [6.07, 6.45) is 0.309. The highest BCUT2D eigenvalue weighted by atomic mass is 16.5. The molecule has 0 bridgehead atoms. The zero-order valence-electron chi connectivity index (χ0n) is 18.7. The molecule has 0 aliphatic carbocycles. The van der Waals surface area contributed by atoms with Gasteiger partial charge in [0.15, 0.2) is 0 Å². The van der Waals surface area contributed by atoms with E-state index in [0.717, 1.165) is 18.8 Å². The lowest BCUT2D eigenvalue weighted by Crippen LogP contribution is -2.58. The van der Waals surface area contributed by atoms with Crippen LogP contribution in [0.15, 0.2) is 47.3 Å². The van der Waals surface area contributed by atoms with E-state index in [1.165, 1.54) is 16.8 Å². The van der Waals surface area contributed by atoms with Gasteiger partial charge in [-0.2, -0.15) is 5.10 Å². The molecule has 1 N–H and O–H groups in total. The third kappa shape index (κ3) is 6.38. The highest BCUT2D eigenvalue weighted by Gasteiger charge is 2.33. The van der Waals surface area contributed by atoms with Gasteiger partial charge in [0.25, 0.3) is 11.5 Å². The molecule has 1 fully saturated rings. The maximum absolute atomic E-state index is 12.7. The first-order chi connectivity index (χ1) is 14.7. The number of aromatic nitrogens is 2. The molecule has 0 saturated carbocycles. The molecular formula is C23H32N4O4. The molecule has 1 amide bonds. The predicted octanol–water partition coefficient (Wildman–Crippen LogP) is 1.94. The Balaban J connectivity index is 1.57. The van der Waals surface area contributed by atoms with Crippen molar-refractivity contribution < 1.29 is 14.3 Å². The number of morpholine rings is 1. The van der Waals surface area contributed by atoms with Gasteiger partial charge in [0.2, 0.25) is 0 Å². The van der Waals surface area contributed by atoms with Crippen LogP contribution in [0.25, 0.3) is 0 Å². The number of ether oxygens (including phenoxy) is 2. The molecular weight excluding hydrogens is 396 g/mol. The fourth-order valence-electron chi connectivity index (χ4n) is 3.67. The summed E-state index contributed by atoms with van der Waals surface area (Å²) in [4.78, 5) is 27.1. The van der Waals surface area contributed by atoms with Gasteiger partial charge in [0, 0.05) is 31.2 Å². The zero-order chi connectivity index (χ0) is 22.4. The summed E-state index contributed by atoms with van der Waals surface area (Å²) in [5, 5.41) is 7.18. The van der Waals surface area contributed by atoms with Crippen molar-refractivity contribution in [1.82, 2.24) is 20.0 Å². The Kier molecular flexibility index (Phi) is 7.46. The van der Waals surface area contributed by atoms with Crippen LogP contribution in [0.1, 0.15) is 38.2 Å². The third-order valence-electron chi connectivity index (χ3n) is 5.37. The summed E-state index contributed by atoms with van der Waals surface area (Å²) < 4.78 is 12.7. The second-order valence-electron chi connectivity index (χ2n) is 8.60. The average molecular weight is 429 g/mol. The van der Waals surface area contributed by atoms with Crippen LogP contribution >= 0.6 is 0 Å². The van der Waals surface area contributed by atoms with Gasteiger partial charge >= 0.3 is 0 Å². The first-order valence-corrected chi connectivity index (χ1v) is 10.7. The fourth-order valence-corrected chi connectivity index (χ4v) is 3.67. The van der Waals surface area contributed by atoms with Crippen LogP contribution in [0.2, 0.25) is 0 Å². The lowest BCUT2D eigenvalue weighted by Gasteiger charge is -2.45. The number of carbonyl (C=O) groups excluding carboxylic acids is 1. The number of nitrogens with zero attached hydrogens (tertiary/aromatic N) is 3. The molecule has 168 valence electrons. The van der Waals surface area contributed by atoms with Crippen LogP contribution in [0.4, 0.5) is 0 Å². The molecule has 0 spiro atoms. The van der Waals surface area contributed by atoms with Gasteiger partial charge in [0.05, 0.1) is 18.8 Å². The summed E-state index contributed by atoms with van der Waals surface area (Å²) in [6, 6.07) is 12.2. The number of rotatable bonds is 8. The minimum atomic E-state index is -0.305. The summed E-state index contributed by atoms with van der Waals surface area (Å²) in [7, 11) is 0. The summed E-state index contributed by atoms with van der Waals surface area (Å²) in [5.74, 6) is 0.415. The van der Waals surface area contributed by atoms with Crippen molar-refractivity contribution in [2.24, 2.45) is 0 Å². The van der Waals surface area contributed by atoms with Gasteiger partial charge in [-0.05, 0) is 45.9 Å². The smallest absolute Gasteiger partial charge is 0.271 e. The van der Waals surface area contributed by atoms with E-state index in [1.54, 1.807) is 0 Å². The topological polar surface area (TPSA) is 85.7 Å². The first kappa shape index (κ1) is 23.0. The quantitative estimate of drug-likeness (QED) is 0.692. The van der Waals surface area contributed by atoms with E-state index in [2.05, 4.69) is 43.0 Å². The molecule has 1 aromatic carbocycles. The molecule has 1 aliphatic rings. The minimum Gasteiger partial charge on any atom is -0.492 e. The zero-order valence-corrected chi connectivity index (χ0v) is 18.7. The fraction of sp³-hybridized carbons (Fsp3) is 0.522. The second kappa shape index (κ2) is 10.1. The van der Waals surface area contributed by atoms with E-state index in [-0.39, 0.29) is 48.1 Å². The third-order valence-corrected chi connectivity index (χ3v) is 5.37. The van der Waals surface area contributed by atoms with Crippen molar-refractivity contribution >= 4 is 5.91 Å². The van der Waals surface area contributed by atoms with E-state index in [9.17, 15) is 9.59 Å². The Morgan fingerprint density at radius 1 is 1.16 bits per heavy atom. The Hall–Kier alpha value is -2.71. The number of nitrogens with one attached hydrogen (secondary N) is 1. The van der Waals surface area contributed by atoms with Crippen molar-refractivity contribution in [2.45, 2.75) is 52.0 Å². The lowest BCUT2D eigenvalue weighted by molar-refractivity contribution is -0.0948. The van der Waals surface area contributed by atoms with Gasteiger partial charge in [0.1, 0.15) is 18.1 Å². The molecule has 8 heteroatoms.